The molecule has 1 N–H and O–H groups in total. The van der Waals surface area contributed by atoms with E-state index in [1.54, 1.807) is 24.3 Å². The van der Waals surface area contributed by atoms with Gasteiger partial charge in [-0.15, -0.1) is 0 Å². The molecular formula is C25H28FN3O3. The second-order valence-corrected chi connectivity index (χ2v) is 9.09. The van der Waals surface area contributed by atoms with E-state index in [4.69, 9.17) is 9.47 Å². The van der Waals surface area contributed by atoms with E-state index >= 15 is 0 Å². The SMILES string of the molecule is COc1ccc(F)cc1-c1ccnc2[nH]c(C3=CCN(C(=O)OC(C)(C)C)CC3C)cc12. The zero-order valence-electron chi connectivity index (χ0n) is 19.0. The van der Waals surface area contributed by atoms with Crippen LogP contribution in [-0.2, 0) is 4.74 Å². The number of halogens is 1. The van der Waals surface area contributed by atoms with Crippen molar-refractivity contribution in [2.45, 2.75) is 33.3 Å². The number of amides is 1. The molecule has 0 saturated heterocycles. The number of H-pyrrole nitrogens is 1. The van der Waals surface area contributed by atoms with Gasteiger partial charge in [0.25, 0.3) is 0 Å². The first kappa shape index (κ1) is 21.9. The number of aromatic nitrogens is 2. The average Bonchev–Trinajstić information content (AvgIpc) is 3.16. The van der Waals surface area contributed by atoms with Crippen LogP contribution in [-0.4, -0.2) is 46.8 Å². The molecule has 1 aliphatic rings. The third-order valence-corrected chi connectivity index (χ3v) is 5.50. The van der Waals surface area contributed by atoms with Gasteiger partial charge in [-0.1, -0.05) is 13.0 Å². The van der Waals surface area contributed by atoms with Crippen molar-refractivity contribution in [3.8, 4) is 16.9 Å². The Bertz CT molecular complexity index is 1190. The highest BCUT2D eigenvalue weighted by Crippen LogP contribution is 2.37. The summed E-state index contributed by atoms with van der Waals surface area (Å²) in [5.74, 6) is 0.378. The van der Waals surface area contributed by atoms with Crippen LogP contribution in [0.2, 0.25) is 0 Å². The van der Waals surface area contributed by atoms with Crippen LogP contribution in [0.15, 0.2) is 42.6 Å². The predicted molar refractivity (Wildman–Crippen MR) is 123 cm³/mol. The van der Waals surface area contributed by atoms with E-state index in [-0.39, 0.29) is 17.8 Å². The maximum atomic E-state index is 14.0. The lowest BCUT2D eigenvalue weighted by Gasteiger charge is -2.32. The van der Waals surface area contributed by atoms with Crippen LogP contribution in [0.3, 0.4) is 0 Å². The normalized spacial score (nSPS) is 16.8. The number of ether oxygens (including phenoxy) is 2. The summed E-state index contributed by atoms with van der Waals surface area (Å²) in [5.41, 5.74) is 3.75. The molecule has 0 bridgehead atoms. The molecule has 2 aromatic heterocycles. The van der Waals surface area contributed by atoms with E-state index < -0.39 is 5.60 Å². The molecule has 32 heavy (non-hydrogen) atoms. The van der Waals surface area contributed by atoms with Gasteiger partial charge in [0.1, 0.15) is 22.8 Å². The van der Waals surface area contributed by atoms with Gasteiger partial charge in [-0.25, -0.2) is 14.2 Å². The number of pyridine rings is 1. The number of methoxy groups -OCH3 is 1. The van der Waals surface area contributed by atoms with Crippen molar-refractivity contribution in [3.63, 3.8) is 0 Å². The third-order valence-electron chi connectivity index (χ3n) is 5.50. The summed E-state index contributed by atoms with van der Waals surface area (Å²) < 4.78 is 25.0. The quantitative estimate of drug-likeness (QED) is 0.575. The molecule has 0 spiro atoms. The number of nitrogens with zero attached hydrogens (tertiary/aromatic N) is 2. The molecule has 6 nitrogen and oxygen atoms in total. The fourth-order valence-corrected chi connectivity index (χ4v) is 4.07. The lowest BCUT2D eigenvalue weighted by Crippen LogP contribution is -2.41. The van der Waals surface area contributed by atoms with Gasteiger partial charge < -0.3 is 19.4 Å². The van der Waals surface area contributed by atoms with E-state index in [1.165, 1.54) is 12.1 Å². The Morgan fingerprint density at radius 1 is 1.22 bits per heavy atom. The van der Waals surface area contributed by atoms with Crippen LogP contribution in [0, 0.1) is 11.7 Å². The second kappa shape index (κ2) is 8.30. The van der Waals surface area contributed by atoms with Gasteiger partial charge in [0.15, 0.2) is 0 Å². The van der Waals surface area contributed by atoms with Gasteiger partial charge in [-0.2, -0.15) is 0 Å². The summed E-state index contributed by atoms with van der Waals surface area (Å²) in [6.07, 6.45) is 3.44. The number of carbonyl (C=O) groups excluding carboxylic acids is 1. The van der Waals surface area contributed by atoms with Crippen LogP contribution in [0.5, 0.6) is 5.75 Å². The number of rotatable bonds is 3. The van der Waals surface area contributed by atoms with Crippen LogP contribution >= 0.6 is 0 Å². The van der Waals surface area contributed by atoms with Gasteiger partial charge >= 0.3 is 6.09 Å². The molecule has 1 amide bonds. The average molecular weight is 438 g/mol. The molecule has 1 atom stereocenters. The summed E-state index contributed by atoms with van der Waals surface area (Å²) in [5, 5.41) is 0.883. The van der Waals surface area contributed by atoms with Gasteiger partial charge in [0.2, 0.25) is 0 Å². The van der Waals surface area contributed by atoms with Crippen LogP contribution in [0.25, 0.3) is 27.7 Å². The maximum absolute atomic E-state index is 14.0. The Hall–Kier alpha value is -3.35. The Labute approximate surface area is 187 Å². The molecule has 3 aromatic rings. The van der Waals surface area contributed by atoms with Gasteiger partial charge in [-0.3, -0.25) is 0 Å². The van der Waals surface area contributed by atoms with Gasteiger partial charge in [-0.05, 0) is 62.2 Å². The smallest absolute Gasteiger partial charge is 0.410 e. The Morgan fingerprint density at radius 2 is 2.00 bits per heavy atom. The first-order valence-corrected chi connectivity index (χ1v) is 10.7. The molecule has 7 heteroatoms. The first-order chi connectivity index (χ1) is 15.2. The Balaban J connectivity index is 1.68. The van der Waals surface area contributed by atoms with E-state index in [2.05, 4.69) is 16.9 Å². The summed E-state index contributed by atoms with van der Waals surface area (Å²) in [6, 6.07) is 8.38. The topological polar surface area (TPSA) is 67.5 Å². The first-order valence-electron chi connectivity index (χ1n) is 10.7. The summed E-state index contributed by atoms with van der Waals surface area (Å²) in [7, 11) is 1.57. The lowest BCUT2D eigenvalue weighted by atomic mass is 9.93. The zero-order valence-corrected chi connectivity index (χ0v) is 19.0. The van der Waals surface area contributed by atoms with Gasteiger partial charge in [0.05, 0.1) is 7.11 Å². The largest absolute Gasteiger partial charge is 0.496 e. The van der Waals surface area contributed by atoms with Crippen molar-refractivity contribution in [3.05, 3.63) is 54.1 Å². The molecule has 3 heterocycles. The number of carbonyl (C=O) groups is 1. The number of hydrogen-bond donors (Lipinski definition) is 1. The van der Waals surface area contributed by atoms with E-state index in [1.807, 2.05) is 39.0 Å². The summed E-state index contributed by atoms with van der Waals surface area (Å²) in [4.78, 5) is 22.0. The van der Waals surface area contributed by atoms with Crippen molar-refractivity contribution in [1.82, 2.24) is 14.9 Å². The number of fused-ring (bicyclic) bond motifs is 1. The number of benzene rings is 1. The molecule has 1 aliphatic heterocycles. The van der Waals surface area contributed by atoms with Crippen molar-refractivity contribution in [2.24, 2.45) is 5.92 Å². The van der Waals surface area contributed by atoms with Crippen molar-refractivity contribution < 1.29 is 18.7 Å². The summed E-state index contributed by atoms with van der Waals surface area (Å²) >= 11 is 0. The molecular weight excluding hydrogens is 409 g/mol. The number of nitrogens with one attached hydrogen (secondary N) is 1. The van der Waals surface area contributed by atoms with Crippen LogP contribution in [0.1, 0.15) is 33.4 Å². The zero-order chi connectivity index (χ0) is 23.0. The Kier molecular flexibility index (Phi) is 5.67. The highest BCUT2D eigenvalue weighted by Gasteiger charge is 2.28. The molecule has 4 rings (SSSR count). The minimum atomic E-state index is -0.526. The molecule has 0 saturated carbocycles. The van der Waals surface area contributed by atoms with E-state index in [0.29, 0.717) is 30.0 Å². The van der Waals surface area contributed by atoms with Crippen molar-refractivity contribution in [2.75, 3.05) is 20.2 Å². The third kappa shape index (κ3) is 4.33. The maximum Gasteiger partial charge on any atom is 0.410 e. The fourth-order valence-electron chi connectivity index (χ4n) is 4.07. The predicted octanol–water partition coefficient (Wildman–Crippen LogP) is 5.65. The second-order valence-electron chi connectivity index (χ2n) is 9.09. The number of hydrogen-bond acceptors (Lipinski definition) is 4. The molecule has 0 aliphatic carbocycles. The van der Waals surface area contributed by atoms with Crippen molar-refractivity contribution in [1.29, 1.82) is 0 Å². The lowest BCUT2D eigenvalue weighted by molar-refractivity contribution is 0.0251. The van der Waals surface area contributed by atoms with E-state index in [0.717, 1.165) is 22.2 Å². The highest BCUT2D eigenvalue weighted by molar-refractivity contribution is 5.97. The minimum absolute atomic E-state index is 0.108. The van der Waals surface area contributed by atoms with Gasteiger partial charge in [0, 0.05) is 41.8 Å². The highest BCUT2D eigenvalue weighted by atomic mass is 19.1. The number of aromatic amines is 1. The monoisotopic (exact) mass is 437 g/mol. The minimum Gasteiger partial charge on any atom is -0.496 e. The van der Waals surface area contributed by atoms with Crippen LogP contribution in [0.4, 0.5) is 9.18 Å². The van der Waals surface area contributed by atoms with E-state index in [9.17, 15) is 9.18 Å². The molecule has 1 aromatic carbocycles. The standard InChI is InChI=1S/C25H28FN3O3/c1-15-14-29(24(30)32-25(2,3)4)11-9-17(15)21-13-20-18(8-10-27-23(20)28-21)19-12-16(26)6-7-22(19)31-5/h6-10,12-13,15H,11,14H2,1-5H3,(H,27,28). The fraction of sp³-hybridized carbons (Fsp3) is 0.360. The molecule has 1 unspecified atom stereocenters. The van der Waals surface area contributed by atoms with Crippen LogP contribution < -0.4 is 4.74 Å². The Morgan fingerprint density at radius 3 is 2.69 bits per heavy atom. The van der Waals surface area contributed by atoms with Crippen molar-refractivity contribution >= 4 is 22.7 Å². The molecule has 168 valence electrons. The molecule has 0 radical (unpaired) electrons. The molecule has 0 fully saturated rings. The summed E-state index contributed by atoms with van der Waals surface area (Å²) in [6.45, 7) is 8.71.